The standard InChI is InChI=1S/C17H25N5O2/c1-14-12-15(24-19-14)13-17(23)22-7-3-6-21(10-11-22)8-4-16-18-5-9-20(16)2/h5,9,12H,3-4,6-8,10-11,13H2,1-2H3. The van der Waals surface area contributed by atoms with Gasteiger partial charge in [-0.15, -0.1) is 0 Å². The molecule has 0 aliphatic carbocycles. The van der Waals surface area contributed by atoms with Crippen LogP contribution >= 0.6 is 0 Å². The summed E-state index contributed by atoms with van der Waals surface area (Å²) in [5.74, 6) is 1.87. The summed E-state index contributed by atoms with van der Waals surface area (Å²) in [5.41, 5.74) is 0.814. The number of carbonyl (C=O) groups is 1. The Morgan fingerprint density at radius 1 is 1.29 bits per heavy atom. The van der Waals surface area contributed by atoms with Crippen LogP contribution in [0.15, 0.2) is 23.0 Å². The summed E-state index contributed by atoms with van der Waals surface area (Å²) in [6.45, 7) is 6.36. The Balaban J connectivity index is 1.47. The van der Waals surface area contributed by atoms with E-state index in [1.54, 1.807) is 0 Å². The summed E-state index contributed by atoms with van der Waals surface area (Å²) in [7, 11) is 2.02. The van der Waals surface area contributed by atoms with Gasteiger partial charge in [-0.25, -0.2) is 4.98 Å². The van der Waals surface area contributed by atoms with Crippen LogP contribution in [0.2, 0.25) is 0 Å². The molecule has 7 heteroatoms. The normalized spacial score (nSPS) is 16.3. The van der Waals surface area contributed by atoms with Crippen molar-refractivity contribution in [3.05, 3.63) is 35.7 Å². The molecule has 0 atom stereocenters. The first-order chi connectivity index (χ1) is 11.6. The van der Waals surface area contributed by atoms with Crippen LogP contribution in [-0.2, 0) is 24.7 Å². The molecule has 2 aromatic rings. The predicted octanol–water partition coefficient (Wildman–Crippen LogP) is 1.04. The van der Waals surface area contributed by atoms with Crippen LogP contribution in [0, 0.1) is 6.92 Å². The van der Waals surface area contributed by atoms with E-state index in [-0.39, 0.29) is 5.91 Å². The average Bonchev–Trinajstić information content (AvgIpc) is 3.06. The monoisotopic (exact) mass is 331 g/mol. The van der Waals surface area contributed by atoms with Crippen molar-refractivity contribution < 1.29 is 9.32 Å². The number of hydrogen-bond acceptors (Lipinski definition) is 5. The minimum atomic E-state index is 0.122. The van der Waals surface area contributed by atoms with E-state index < -0.39 is 0 Å². The van der Waals surface area contributed by atoms with Gasteiger partial charge in [-0.2, -0.15) is 0 Å². The van der Waals surface area contributed by atoms with Crippen molar-refractivity contribution in [2.75, 3.05) is 32.7 Å². The Labute approximate surface area is 142 Å². The van der Waals surface area contributed by atoms with Crippen LogP contribution in [0.3, 0.4) is 0 Å². The maximum atomic E-state index is 12.4. The van der Waals surface area contributed by atoms with Gasteiger partial charge in [0, 0.05) is 58.1 Å². The van der Waals surface area contributed by atoms with E-state index in [2.05, 4.69) is 19.6 Å². The molecule has 0 aromatic carbocycles. The van der Waals surface area contributed by atoms with Crippen molar-refractivity contribution in [2.45, 2.75) is 26.2 Å². The van der Waals surface area contributed by atoms with Crippen molar-refractivity contribution in [2.24, 2.45) is 7.05 Å². The van der Waals surface area contributed by atoms with Gasteiger partial charge < -0.3 is 18.9 Å². The second-order valence-electron chi connectivity index (χ2n) is 6.39. The van der Waals surface area contributed by atoms with Gasteiger partial charge in [-0.1, -0.05) is 5.16 Å². The van der Waals surface area contributed by atoms with Crippen molar-refractivity contribution in [1.29, 1.82) is 0 Å². The lowest BCUT2D eigenvalue weighted by molar-refractivity contribution is -0.130. The molecule has 3 heterocycles. The zero-order valence-electron chi connectivity index (χ0n) is 14.4. The van der Waals surface area contributed by atoms with E-state index >= 15 is 0 Å². The molecule has 1 amide bonds. The third kappa shape index (κ3) is 4.23. The SMILES string of the molecule is Cc1cc(CC(=O)N2CCCN(CCc3nccn3C)CC2)on1. The minimum absolute atomic E-state index is 0.122. The molecule has 0 unspecified atom stereocenters. The Bertz CT molecular complexity index is 678. The quantitative estimate of drug-likeness (QED) is 0.819. The van der Waals surface area contributed by atoms with Crippen LogP contribution in [0.25, 0.3) is 0 Å². The van der Waals surface area contributed by atoms with E-state index in [0.29, 0.717) is 12.2 Å². The molecule has 1 aliphatic heterocycles. The van der Waals surface area contributed by atoms with Gasteiger partial charge in [0.1, 0.15) is 11.6 Å². The van der Waals surface area contributed by atoms with E-state index in [1.807, 2.05) is 37.3 Å². The third-order valence-corrected chi connectivity index (χ3v) is 4.52. The summed E-state index contributed by atoms with van der Waals surface area (Å²) >= 11 is 0. The predicted molar refractivity (Wildman–Crippen MR) is 89.5 cm³/mol. The van der Waals surface area contributed by atoms with Crippen molar-refractivity contribution in [1.82, 2.24) is 24.5 Å². The number of rotatable bonds is 5. The van der Waals surface area contributed by atoms with Crippen molar-refractivity contribution >= 4 is 5.91 Å². The summed E-state index contributed by atoms with van der Waals surface area (Å²) < 4.78 is 7.21. The highest BCUT2D eigenvalue weighted by Crippen LogP contribution is 2.09. The summed E-state index contributed by atoms with van der Waals surface area (Å²) in [6.07, 6.45) is 6.05. The van der Waals surface area contributed by atoms with Gasteiger partial charge >= 0.3 is 0 Å². The number of aromatic nitrogens is 3. The fourth-order valence-corrected chi connectivity index (χ4v) is 3.10. The molecule has 7 nitrogen and oxygen atoms in total. The van der Waals surface area contributed by atoms with Crippen LogP contribution in [0.4, 0.5) is 0 Å². The molecule has 0 spiro atoms. The van der Waals surface area contributed by atoms with E-state index in [0.717, 1.165) is 57.1 Å². The highest BCUT2D eigenvalue weighted by molar-refractivity contribution is 5.78. The molecular weight excluding hydrogens is 306 g/mol. The zero-order chi connectivity index (χ0) is 16.9. The molecule has 130 valence electrons. The highest BCUT2D eigenvalue weighted by Gasteiger charge is 2.20. The number of hydrogen-bond donors (Lipinski definition) is 0. The topological polar surface area (TPSA) is 67.4 Å². The molecule has 1 aliphatic rings. The minimum Gasteiger partial charge on any atom is -0.361 e. The largest absolute Gasteiger partial charge is 0.361 e. The Hall–Kier alpha value is -2.15. The average molecular weight is 331 g/mol. The van der Waals surface area contributed by atoms with Gasteiger partial charge in [0.05, 0.1) is 12.1 Å². The molecule has 2 aromatic heterocycles. The highest BCUT2D eigenvalue weighted by atomic mass is 16.5. The number of nitrogens with zero attached hydrogens (tertiary/aromatic N) is 5. The van der Waals surface area contributed by atoms with Crippen molar-refractivity contribution in [3.63, 3.8) is 0 Å². The van der Waals surface area contributed by atoms with Gasteiger partial charge in [-0.05, 0) is 19.9 Å². The van der Waals surface area contributed by atoms with E-state index in [4.69, 9.17) is 4.52 Å². The third-order valence-electron chi connectivity index (χ3n) is 4.52. The van der Waals surface area contributed by atoms with Crippen LogP contribution in [-0.4, -0.2) is 63.1 Å². The van der Waals surface area contributed by atoms with Crippen LogP contribution in [0.1, 0.15) is 23.7 Å². The van der Waals surface area contributed by atoms with E-state index in [1.165, 1.54) is 0 Å². The van der Waals surface area contributed by atoms with Gasteiger partial charge in [0.15, 0.2) is 0 Å². The zero-order valence-corrected chi connectivity index (χ0v) is 14.4. The molecule has 0 radical (unpaired) electrons. The molecule has 0 N–H and O–H groups in total. The van der Waals surface area contributed by atoms with Gasteiger partial charge in [-0.3, -0.25) is 4.79 Å². The molecule has 3 rings (SSSR count). The summed E-state index contributed by atoms with van der Waals surface area (Å²) in [4.78, 5) is 21.2. The maximum absolute atomic E-state index is 12.4. The molecule has 1 saturated heterocycles. The summed E-state index contributed by atoms with van der Waals surface area (Å²) in [6, 6.07) is 1.83. The van der Waals surface area contributed by atoms with E-state index in [9.17, 15) is 4.79 Å². The van der Waals surface area contributed by atoms with Crippen LogP contribution in [0.5, 0.6) is 0 Å². The Morgan fingerprint density at radius 2 is 2.17 bits per heavy atom. The number of carbonyl (C=O) groups excluding carboxylic acids is 1. The van der Waals surface area contributed by atoms with Gasteiger partial charge in [0.25, 0.3) is 0 Å². The first-order valence-electron chi connectivity index (χ1n) is 8.50. The fraction of sp³-hybridized carbons (Fsp3) is 0.588. The summed E-state index contributed by atoms with van der Waals surface area (Å²) in [5, 5.41) is 3.84. The van der Waals surface area contributed by atoms with Gasteiger partial charge in [0.2, 0.25) is 5.91 Å². The lowest BCUT2D eigenvalue weighted by Crippen LogP contribution is -2.36. The Kier molecular flexibility index (Phi) is 5.30. The lowest BCUT2D eigenvalue weighted by atomic mass is 10.2. The molecular formula is C17H25N5O2. The number of amides is 1. The molecule has 0 saturated carbocycles. The lowest BCUT2D eigenvalue weighted by Gasteiger charge is -2.21. The van der Waals surface area contributed by atoms with Crippen molar-refractivity contribution in [3.8, 4) is 0 Å². The molecule has 1 fully saturated rings. The maximum Gasteiger partial charge on any atom is 0.230 e. The first-order valence-corrected chi connectivity index (χ1v) is 8.50. The fourth-order valence-electron chi connectivity index (χ4n) is 3.10. The molecule has 24 heavy (non-hydrogen) atoms. The second-order valence-corrected chi connectivity index (χ2v) is 6.39. The Morgan fingerprint density at radius 3 is 2.88 bits per heavy atom. The van der Waals surface area contributed by atoms with Crippen LogP contribution < -0.4 is 0 Å². The molecule has 0 bridgehead atoms. The number of aryl methyl sites for hydroxylation is 2. The first kappa shape index (κ1) is 16.7. The number of imidazole rings is 1. The smallest absolute Gasteiger partial charge is 0.230 e. The second kappa shape index (κ2) is 7.61.